The highest BCUT2D eigenvalue weighted by Gasteiger charge is 2.05. The number of nitrogens with two attached hydrogens (primary N) is 1. The van der Waals surface area contributed by atoms with Crippen molar-refractivity contribution >= 4 is 18.3 Å². The predicted octanol–water partition coefficient (Wildman–Crippen LogP) is 0.564. The minimum absolute atomic E-state index is 0. The average molecular weight is 245 g/mol. The molecule has 0 aliphatic carbocycles. The molecule has 0 radical (unpaired) electrons. The molecule has 4 nitrogen and oxygen atoms in total. The van der Waals surface area contributed by atoms with E-state index in [0.29, 0.717) is 6.54 Å². The Bertz CT molecular complexity index is 343. The highest BCUT2D eigenvalue weighted by Crippen LogP contribution is 2.04. The molecular weight excluding hydrogens is 228 g/mol. The molecule has 1 atom stereocenters. The van der Waals surface area contributed by atoms with Crippen LogP contribution in [0.5, 0.6) is 0 Å². The van der Waals surface area contributed by atoms with E-state index < -0.39 is 6.04 Å². The molecule has 0 bridgehead atoms. The molecular formula is C11H17ClN2O2. The summed E-state index contributed by atoms with van der Waals surface area (Å²) in [6, 6.07) is 6.92. The summed E-state index contributed by atoms with van der Waals surface area (Å²) >= 11 is 0. The molecule has 0 fully saturated rings. The Hall–Kier alpha value is -1.10. The first-order valence-electron chi connectivity index (χ1n) is 4.85. The fraction of sp³-hybridized carbons (Fsp3) is 0.364. The molecule has 1 amide bonds. The Morgan fingerprint density at radius 1 is 1.50 bits per heavy atom. The van der Waals surface area contributed by atoms with Crippen LogP contribution in [0.1, 0.15) is 18.1 Å². The SMILES string of the molecule is C[C@H](N)C(=O)NCc1cccc(CO)c1.Cl. The fourth-order valence-corrected chi connectivity index (χ4v) is 1.19. The first-order chi connectivity index (χ1) is 7.13. The van der Waals surface area contributed by atoms with E-state index in [-0.39, 0.29) is 24.9 Å². The lowest BCUT2D eigenvalue weighted by atomic mass is 10.1. The van der Waals surface area contributed by atoms with Gasteiger partial charge in [-0.15, -0.1) is 12.4 Å². The third-order valence-corrected chi connectivity index (χ3v) is 2.05. The number of aliphatic hydroxyl groups is 1. The number of halogens is 1. The van der Waals surface area contributed by atoms with Crippen molar-refractivity contribution in [3.8, 4) is 0 Å². The Balaban J connectivity index is 0.00000225. The Kier molecular flexibility index (Phi) is 6.72. The van der Waals surface area contributed by atoms with Gasteiger partial charge in [-0.2, -0.15) is 0 Å². The molecule has 1 rings (SSSR count). The van der Waals surface area contributed by atoms with Gasteiger partial charge in [0.2, 0.25) is 5.91 Å². The second-order valence-corrected chi connectivity index (χ2v) is 3.48. The number of carbonyl (C=O) groups excluding carboxylic acids is 1. The minimum atomic E-state index is -0.494. The average Bonchev–Trinajstić information content (AvgIpc) is 2.26. The number of nitrogens with one attached hydrogen (secondary N) is 1. The van der Waals surface area contributed by atoms with Gasteiger partial charge in [0.15, 0.2) is 0 Å². The van der Waals surface area contributed by atoms with Crippen molar-refractivity contribution in [1.82, 2.24) is 5.32 Å². The second-order valence-electron chi connectivity index (χ2n) is 3.48. The number of hydrogen-bond donors (Lipinski definition) is 3. The minimum Gasteiger partial charge on any atom is -0.392 e. The van der Waals surface area contributed by atoms with Gasteiger partial charge in [0, 0.05) is 6.54 Å². The number of rotatable bonds is 4. The molecule has 0 saturated carbocycles. The maximum atomic E-state index is 11.2. The predicted molar refractivity (Wildman–Crippen MR) is 65.1 cm³/mol. The zero-order chi connectivity index (χ0) is 11.3. The number of aliphatic hydroxyl groups excluding tert-OH is 1. The molecule has 0 aliphatic rings. The highest BCUT2D eigenvalue weighted by atomic mass is 35.5. The second kappa shape index (κ2) is 7.22. The summed E-state index contributed by atoms with van der Waals surface area (Å²) in [6.45, 7) is 2.09. The summed E-state index contributed by atoms with van der Waals surface area (Å²) < 4.78 is 0. The van der Waals surface area contributed by atoms with E-state index in [1.54, 1.807) is 6.92 Å². The van der Waals surface area contributed by atoms with Crippen molar-refractivity contribution in [1.29, 1.82) is 0 Å². The largest absolute Gasteiger partial charge is 0.392 e. The van der Waals surface area contributed by atoms with Gasteiger partial charge in [0.1, 0.15) is 0 Å². The molecule has 0 unspecified atom stereocenters. The summed E-state index contributed by atoms with van der Waals surface area (Å²) in [5, 5.41) is 11.6. The maximum Gasteiger partial charge on any atom is 0.236 e. The van der Waals surface area contributed by atoms with Gasteiger partial charge in [-0.1, -0.05) is 24.3 Å². The lowest BCUT2D eigenvalue weighted by Gasteiger charge is -2.08. The Labute approximate surface area is 101 Å². The molecule has 1 aromatic carbocycles. The van der Waals surface area contributed by atoms with Gasteiger partial charge >= 0.3 is 0 Å². The number of amides is 1. The third-order valence-electron chi connectivity index (χ3n) is 2.05. The van der Waals surface area contributed by atoms with E-state index >= 15 is 0 Å². The van der Waals surface area contributed by atoms with E-state index in [9.17, 15) is 4.79 Å². The molecule has 0 aliphatic heterocycles. The van der Waals surface area contributed by atoms with Crippen LogP contribution in [-0.2, 0) is 17.9 Å². The summed E-state index contributed by atoms with van der Waals surface area (Å²) in [5.74, 6) is -0.176. The molecule has 0 saturated heterocycles. The van der Waals surface area contributed by atoms with Crippen LogP contribution in [0.15, 0.2) is 24.3 Å². The van der Waals surface area contributed by atoms with Crippen molar-refractivity contribution in [2.75, 3.05) is 0 Å². The van der Waals surface area contributed by atoms with Crippen LogP contribution in [0.25, 0.3) is 0 Å². The lowest BCUT2D eigenvalue weighted by Crippen LogP contribution is -2.37. The first kappa shape index (κ1) is 14.9. The first-order valence-corrected chi connectivity index (χ1v) is 4.85. The summed E-state index contributed by atoms with van der Waals surface area (Å²) in [5.41, 5.74) is 7.19. The standard InChI is InChI=1S/C11H16N2O2.ClH/c1-8(12)11(15)13-6-9-3-2-4-10(5-9)7-14;/h2-5,8,14H,6-7,12H2,1H3,(H,13,15);1H/t8-;/m0./s1. The van der Waals surface area contributed by atoms with E-state index in [1.165, 1.54) is 0 Å². The maximum absolute atomic E-state index is 11.2. The van der Waals surface area contributed by atoms with Crippen molar-refractivity contribution in [3.63, 3.8) is 0 Å². The van der Waals surface area contributed by atoms with Gasteiger partial charge < -0.3 is 16.2 Å². The molecule has 1 aromatic rings. The van der Waals surface area contributed by atoms with E-state index in [0.717, 1.165) is 11.1 Å². The Morgan fingerprint density at radius 2 is 2.12 bits per heavy atom. The van der Waals surface area contributed by atoms with Crippen LogP contribution < -0.4 is 11.1 Å². The molecule has 5 heteroatoms. The lowest BCUT2D eigenvalue weighted by molar-refractivity contribution is -0.122. The van der Waals surface area contributed by atoms with Crippen LogP contribution in [0.3, 0.4) is 0 Å². The summed E-state index contributed by atoms with van der Waals surface area (Å²) in [4.78, 5) is 11.2. The monoisotopic (exact) mass is 244 g/mol. The van der Waals surface area contributed by atoms with Crippen molar-refractivity contribution in [2.45, 2.75) is 26.1 Å². The highest BCUT2D eigenvalue weighted by molar-refractivity contribution is 5.85. The van der Waals surface area contributed by atoms with Crippen LogP contribution >= 0.6 is 12.4 Å². The van der Waals surface area contributed by atoms with Gasteiger partial charge in [-0.05, 0) is 18.1 Å². The van der Waals surface area contributed by atoms with Gasteiger partial charge in [-0.3, -0.25) is 4.79 Å². The normalized spacial score (nSPS) is 11.4. The molecule has 4 N–H and O–H groups in total. The van der Waals surface area contributed by atoms with Crippen LogP contribution in [0.4, 0.5) is 0 Å². The van der Waals surface area contributed by atoms with Gasteiger partial charge in [0.05, 0.1) is 12.6 Å². The number of carbonyl (C=O) groups is 1. The Morgan fingerprint density at radius 3 is 2.69 bits per heavy atom. The quantitative estimate of drug-likeness (QED) is 0.725. The molecule has 0 heterocycles. The van der Waals surface area contributed by atoms with Crippen molar-refractivity contribution in [3.05, 3.63) is 35.4 Å². The van der Waals surface area contributed by atoms with Crippen LogP contribution in [0, 0.1) is 0 Å². The molecule has 16 heavy (non-hydrogen) atoms. The molecule has 90 valence electrons. The van der Waals surface area contributed by atoms with Crippen molar-refractivity contribution < 1.29 is 9.90 Å². The van der Waals surface area contributed by atoms with Gasteiger partial charge in [-0.25, -0.2) is 0 Å². The van der Waals surface area contributed by atoms with Crippen LogP contribution in [0.2, 0.25) is 0 Å². The fourth-order valence-electron chi connectivity index (χ4n) is 1.19. The van der Waals surface area contributed by atoms with Crippen molar-refractivity contribution in [2.24, 2.45) is 5.73 Å². The third kappa shape index (κ3) is 4.61. The zero-order valence-corrected chi connectivity index (χ0v) is 9.96. The zero-order valence-electron chi connectivity index (χ0n) is 9.14. The smallest absolute Gasteiger partial charge is 0.236 e. The van der Waals surface area contributed by atoms with E-state index in [1.807, 2.05) is 24.3 Å². The topological polar surface area (TPSA) is 75.4 Å². The number of benzene rings is 1. The number of hydrogen-bond acceptors (Lipinski definition) is 3. The van der Waals surface area contributed by atoms with Crippen LogP contribution in [-0.4, -0.2) is 17.1 Å². The molecule has 0 spiro atoms. The van der Waals surface area contributed by atoms with E-state index in [2.05, 4.69) is 5.32 Å². The summed E-state index contributed by atoms with van der Waals surface area (Å²) in [7, 11) is 0. The van der Waals surface area contributed by atoms with E-state index in [4.69, 9.17) is 10.8 Å². The van der Waals surface area contributed by atoms with Gasteiger partial charge in [0.25, 0.3) is 0 Å². The molecule has 0 aromatic heterocycles. The summed E-state index contributed by atoms with van der Waals surface area (Å²) in [6.07, 6.45) is 0.